The van der Waals surface area contributed by atoms with E-state index >= 15 is 0 Å². The minimum Gasteiger partial charge on any atom is -0.497 e. The van der Waals surface area contributed by atoms with E-state index in [9.17, 15) is 5.11 Å². The first-order chi connectivity index (χ1) is 10.3. The predicted octanol–water partition coefficient (Wildman–Crippen LogP) is 2.32. The largest absolute Gasteiger partial charge is 0.497 e. The Morgan fingerprint density at radius 3 is 2.95 bits per heavy atom. The maximum absolute atomic E-state index is 10.0. The molecule has 0 bridgehead atoms. The van der Waals surface area contributed by atoms with Gasteiger partial charge in [0.1, 0.15) is 5.75 Å². The lowest BCUT2D eigenvalue weighted by Crippen LogP contribution is -2.28. The summed E-state index contributed by atoms with van der Waals surface area (Å²) < 4.78 is 7.36. The minimum absolute atomic E-state index is 0. The number of aliphatic hydroxyl groups excluding tert-OH is 1. The van der Waals surface area contributed by atoms with Crippen molar-refractivity contribution >= 4 is 24.0 Å². The molecular weight excluding hydrogens is 393 g/mol. The molecule has 1 fully saturated rings. The van der Waals surface area contributed by atoms with Gasteiger partial charge in [-0.3, -0.25) is 4.90 Å². The number of halogens is 1. The number of methoxy groups -OCH3 is 1. The standard InChI is InChI=1S/C16H21N3O2.HI/c1-21-15-4-2-3-13(9-15)16-10-14(20)11-19(16)8-7-18-6-5-17-12-18;/h2-6,9,12,14,16,20H,7-8,10-11H2,1H3;1H. The van der Waals surface area contributed by atoms with E-state index in [1.54, 1.807) is 13.3 Å². The van der Waals surface area contributed by atoms with Gasteiger partial charge in [-0.05, 0) is 24.1 Å². The molecule has 2 heterocycles. The number of aromatic nitrogens is 2. The van der Waals surface area contributed by atoms with Gasteiger partial charge in [0.05, 0.1) is 19.5 Å². The number of rotatable bonds is 5. The number of ether oxygens (including phenoxy) is 1. The molecule has 5 nitrogen and oxygen atoms in total. The Labute approximate surface area is 147 Å². The molecule has 1 aromatic carbocycles. The van der Waals surface area contributed by atoms with E-state index in [0.717, 1.165) is 31.8 Å². The van der Waals surface area contributed by atoms with E-state index in [2.05, 4.69) is 26.6 Å². The summed E-state index contributed by atoms with van der Waals surface area (Å²) in [5, 5.41) is 10.0. The van der Waals surface area contributed by atoms with Crippen LogP contribution in [0.5, 0.6) is 5.75 Å². The van der Waals surface area contributed by atoms with E-state index < -0.39 is 0 Å². The van der Waals surface area contributed by atoms with Crippen molar-refractivity contribution in [1.29, 1.82) is 0 Å². The molecule has 120 valence electrons. The average molecular weight is 415 g/mol. The monoisotopic (exact) mass is 415 g/mol. The summed E-state index contributed by atoms with van der Waals surface area (Å²) in [4.78, 5) is 6.39. The second-order valence-electron chi connectivity index (χ2n) is 5.48. The van der Waals surface area contributed by atoms with Crippen molar-refractivity contribution in [1.82, 2.24) is 14.5 Å². The van der Waals surface area contributed by atoms with Crippen LogP contribution in [-0.4, -0.2) is 45.9 Å². The van der Waals surface area contributed by atoms with Gasteiger partial charge in [0.25, 0.3) is 0 Å². The van der Waals surface area contributed by atoms with Crippen molar-refractivity contribution < 1.29 is 9.84 Å². The van der Waals surface area contributed by atoms with Gasteiger partial charge in [-0.25, -0.2) is 4.98 Å². The van der Waals surface area contributed by atoms with Crippen LogP contribution in [0.2, 0.25) is 0 Å². The van der Waals surface area contributed by atoms with Crippen LogP contribution in [0.3, 0.4) is 0 Å². The summed E-state index contributed by atoms with van der Waals surface area (Å²) in [6, 6.07) is 8.37. The lowest BCUT2D eigenvalue weighted by atomic mass is 10.0. The molecule has 2 unspecified atom stereocenters. The number of likely N-dealkylation sites (tertiary alicyclic amines) is 1. The molecule has 1 N–H and O–H groups in total. The minimum atomic E-state index is -0.260. The molecule has 1 aromatic heterocycles. The van der Waals surface area contributed by atoms with Crippen molar-refractivity contribution in [2.24, 2.45) is 0 Å². The van der Waals surface area contributed by atoms with Crippen molar-refractivity contribution in [3.05, 3.63) is 48.5 Å². The van der Waals surface area contributed by atoms with Crippen molar-refractivity contribution in [2.45, 2.75) is 25.1 Å². The topological polar surface area (TPSA) is 50.5 Å². The van der Waals surface area contributed by atoms with Crippen LogP contribution in [-0.2, 0) is 6.54 Å². The second-order valence-corrected chi connectivity index (χ2v) is 5.48. The van der Waals surface area contributed by atoms with Crippen LogP contribution in [0, 0.1) is 0 Å². The Kier molecular flexibility index (Phi) is 6.22. The van der Waals surface area contributed by atoms with Gasteiger partial charge in [0.2, 0.25) is 0 Å². The first-order valence-electron chi connectivity index (χ1n) is 7.28. The Balaban J connectivity index is 0.00000176. The lowest BCUT2D eigenvalue weighted by Gasteiger charge is -2.24. The van der Waals surface area contributed by atoms with Gasteiger partial charge >= 0.3 is 0 Å². The molecule has 0 aliphatic carbocycles. The molecule has 0 radical (unpaired) electrons. The fourth-order valence-corrected chi connectivity index (χ4v) is 2.98. The molecule has 0 saturated carbocycles. The highest BCUT2D eigenvalue weighted by Crippen LogP contribution is 2.33. The normalized spacial score (nSPS) is 21.5. The average Bonchev–Trinajstić information content (AvgIpc) is 3.14. The molecular formula is C16H22IN3O2. The van der Waals surface area contributed by atoms with Crippen LogP contribution >= 0.6 is 24.0 Å². The number of hydrogen-bond donors (Lipinski definition) is 1. The SMILES string of the molecule is COc1cccc(C2CC(O)CN2CCn2ccnc2)c1.I. The molecule has 0 amide bonds. The maximum atomic E-state index is 10.0. The lowest BCUT2D eigenvalue weighted by molar-refractivity contribution is 0.173. The third kappa shape index (κ3) is 3.99. The van der Waals surface area contributed by atoms with Gasteiger partial charge in [-0.2, -0.15) is 0 Å². The summed E-state index contributed by atoms with van der Waals surface area (Å²) in [5.41, 5.74) is 1.21. The summed E-state index contributed by atoms with van der Waals surface area (Å²) in [7, 11) is 1.68. The van der Waals surface area contributed by atoms with Gasteiger partial charge in [-0.15, -0.1) is 24.0 Å². The Morgan fingerprint density at radius 2 is 2.23 bits per heavy atom. The van der Waals surface area contributed by atoms with Crippen molar-refractivity contribution in [2.75, 3.05) is 20.2 Å². The van der Waals surface area contributed by atoms with Crippen LogP contribution < -0.4 is 4.74 Å². The number of aliphatic hydroxyl groups is 1. The first-order valence-corrected chi connectivity index (χ1v) is 7.28. The van der Waals surface area contributed by atoms with Crippen LogP contribution in [0.4, 0.5) is 0 Å². The zero-order chi connectivity index (χ0) is 14.7. The second kappa shape index (κ2) is 7.94. The fraction of sp³-hybridized carbons (Fsp3) is 0.438. The third-order valence-corrected chi connectivity index (χ3v) is 4.06. The number of imidazole rings is 1. The number of nitrogens with zero attached hydrogens (tertiary/aromatic N) is 3. The third-order valence-electron chi connectivity index (χ3n) is 4.06. The van der Waals surface area contributed by atoms with Crippen LogP contribution in [0.25, 0.3) is 0 Å². The molecule has 1 aliphatic rings. The smallest absolute Gasteiger partial charge is 0.119 e. The molecule has 2 aromatic rings. The molecule has 0 spiro atoms. The summed E-state index contributed by atoms with van der Waals surface area (Å²) >= 11 is 0. The molecule has 22 heavy (non-hydrogen) atoms. The fourth-order valence-electron chi connectivity index (χ4n) is 2.98. The van der Waals surface area contributed by atoms with Gasteiger partial charge in [0.15, 0.2) is 0 Å². The van der Waals surface area contributed by atoms with E-state index in [1.165, 1.54) is 5.56 Å². The highest BCUT2D eigenvalue weighted by atomic mass is 127. The quantitative estimate of drug-likeness (QED) is 0.762. The summed E-state index contributed by atoms with van der Waals surface area (Å²) in [6.45, 7) is 2.50. The number of β-amino-alcohol motifs (C(OH)–C–C–N with tert-alkyl or cyclic N) is 1. The predicted molar refractivity (Wildman–Crippen MR) is 95.6 cm³/mol. The Morgan fingerprint density at radius 1 is 1.36 bits per heavy atom. The Bertz CT molecular complexity index is 577. The summed E-state index contributed by atoms with van der Waals surface area (Å²) in [5.74, 6) is 0.864. The molecule has 3 rings (SSSR count). The number of hydrogen-bond acceptors (Lipinski definition) is 4. The van der Waals surface area contributed by atoms with Crippen LogP contribution in [0.1, 0.15) is 18.0 Å². The van der Waals surface area contributed by atoms with E-state index in [0.29, 0.717) is 0 Å². The highest BCUT2D eigenvalue weighted by molar-refractivity contribution is 14.0. The molecule has 2 atom stereocenters. The molecule has 1 saturated heterocycles. The maximum Gasteiger partial charge on any atom is 0.119 e. The highest BCUT2D eigenvalue weighted by Gasteiger charge is 2.31. The van der Waals surface area contributed by atoms with E-state index in [1.807, 2.05) is 24.7 Å². The zero-order valence-electron chi connectivity index (χ0n) is 12.6. The summed E-state index contributed by atoms with van der Waals surface area (Å²) in [6.07, 6.45) is 6.10. The first kappa shape index (κ1) is 17.2. The molecule has 1 aliphatic heterocycles. The van der Waals surface area contributed by atoms with Gasteiger partial charge in [0, 0.05) is 38.1 Å². The van der Waals surface area contributed by atoms with Gasteiger partial charge < -0.3 is 14.4 Å². The van der Waals surface area contributed by atoms with Crippen molar-refractivity contribution in [3.8, 4) is 5.75 Å². The van der Waals surface area contributed by atoms with E-state index in [4.69, 9.17) is 4.74 Å². The van der Waals surface area contributed by atoms with Crippen LogP contribution in [0.15, 0.2) is 43.0 Å². The molecule has 6 heteroatoms. The van der Waals surface area contributed by atoms with Crippen molar-refractivity contribution in [3.63, 3.8) is 0 Å². The zero-order valence-corrected chi connectivity index (χ0v) is 15.0. The Hall–Kier alpha value is -1.12. The van der Waals surface area contributed by atoms with Gasteiger partial charge in [-0.1, -0.05) is 12.1 Å². The number of benzene rings is 1. The van der Waals surface area contributed by atoms with E-state index in [-0.39, 0.29) is 36.1 Å².